The first-order valence-electron chi connectivity index (χ1n) is 6.49. The fraction of sp³-hybridized carbons (Fsp3) is 0.0625. The van der Waals surface area contributed by atoms with Crippen molar-refractivity contribution in [2.45, 2.75) is 0 Å². The molecule has 0 bridgehead atoms. The molecule has 0 saturated heterocycles. The molecule has 6 heteroatoms. The van der Waals surface area contributed by atoms with Crippen molar-refractivity contribution >= 4 is 11.6 Å². The third kappa shape index (κ3) is 2.52. The lowest BCUT2D eigenvalue weighted by Crippen LogP contribution is -1.99. The fourth-order valence-corrected chi connectivity index (χ4v) is 2.25. The van der Waals surface area contributed by atoms with Gasteiger partial charge in [0.1, 0.15) is 17.5 Å². The largest absolute Gasteiger partial charge is 0.497 e. The number of hydrogen-bond donors (Lipinski definition) is 0. The highest BCUT2D eigenvalue weighted by Gasteiger charge is 2.16. The Morgan fingerprint density at radius 2 is 1.77 bits per heavy atom. The van der Waals surface area contributed by atoms with Crippen LogP contribution in [-0.2, 0) is 0 Å². The van der Waals surface area contributed by atoms with Gasteiger partial charge in [-0.15, -0.1) is 5.10 Å². The van der Waals surface area contributed by atoms with Gasteiger partial charge >= 0.3 is 0 Å². The van der Waals surface area contributed by atoms with Crippen molar-refractivity contribution in [2.24, 2.45) is 0 Å². The maximum atomic E-state index is 9.26. The number of rotatable bonds is 3. The molecule has 3 rings (SSSR count). The minimum absolute atomic E-state index is 0.262. The van der Waals surface area contributed by atoms with E-state index in [9.17, 15) is 5.26 Å². The highest BCUT2D eigenvalue weighted by Crippen LogP contribution is 2.26. The summed E-state index contributed by atoms with van der Waals surface area (Å²) in [6, 6.07) is 16.6. The molecule has 0 aliphatic heterocycles. The minimum Gasteiger partial charge on any atom is -0.497 e. The summed E-state index contributed by atoms with van der Waals surface area (Å²) in [4.78, 5) is 0. The van der Waals surface area contributed by atoms with Crippen molar-refractivity contribution in [3.8, 4) is 28.8 Å². The van der Waals surface area contributed by atoms with Gasteiger partial charge in [-0.25, -0.2) is 4.68 Å². The molecule has 0 saturated carbocycles. The van der Waals surface area contributed by atoms with E-state index in [4.69, 9.17) is 16.3 Å². The number of ether oxygens (including phenoxy) is 1. The molecule has 1 heterocycles. The molecule has 0 aliphatic carbocycles. The van der Waals surface area contributed by atoms with Crippen LogP contribution in [0.25, 0.3) is 16.9 Å². The zero-order valence-corrected chi connectivity index (χ0v) is 12.4. The summed E-state index contributed by atoms with van der Waals surface area (Å²) in [5.41, 5.74) is 2.50. The van der Waals surface area contributed by atoms with Gasteiger partial charge < -0.3 is 4.74 Å². The first-order valence-corrected chi connectivity index (χ1v) is 6.87. The first kappa shape index (κ1) is 14.1. The van der Waals surface area contributed by atoms with Crippen molar-refractivity contribution in [2.75, 3.05) is 7.11 Å². The Morgan fingerprint density at radius 3 is 2.36 bits per heavy atom. The van der Waals surface area contributed by atoms with Crippen LogP contribution in [0.3, 0.4) is 0 Å². The first-order chi connectivity index (χ1) is 10.7. The summed E-state index contributed by atoms with van der Waals surface area (Å²) in [6.45, 7) is 0. The smallest absolute Gasteiger partial charge is 0.191 e. The Labute approximate surface area is 132 Å². The molecule has 0 N–H and O–H groups in total. The molecule has 0 unspecified atom stereocenters. The van der Waals surface area contributed by atoms with E-state index >= 15 is 0 Å². The van der Waals surface area contributed by atoms with Gasteiger partial charge in [-0.05, 0) is 36.4 Å². The molecule has 0 atom stereocenters. The minimum atomic E-state index is 0.262. The lowest BCUT2D eigenvalue weighted by Gasteiger charge is -2.07. The van der Waals surface area contributed by atoms with E-state index in [0.29, 0.717) is 10.7 Å². The monoisotopic (exact) mass is 310 g/mol. The van der Waals surface area contributed by atoms with Crippen LogP contribution in [0.1, 0.15) is 5.69 Å². The van der Waals surface area contributed by atoms with Crippen LogP contribution in [-0.4, -0.2) is 22.1 Å². The fourth-order valence-electron chi connectivity index (χ4n) is 2.13. The van der Waals surface area contributed by atoms with Gasteiger partial charge in [0, 0.05) is 10.6 Å². The maximum absolute atomic E-state index is 9.26. The van der Waals surface area contributed by atoms with Crippen molar-refractivity contribution < 1.29 is 4.74 Å². The Kier molecular flexibility index (Phi) is 3.77. The summed E-state index contributed by atoms with van der Waals surface area (Å²) in [5, 5.41) is 17.9. The second-order valence-electron chi connectivity index (χ2n) is 4.52. The number of nitriles is 1. The van der Waals surface area contributed by atoms with E-state index in [1.807, 2.05) is 36.4 Å². The second-order valence-corrected chi connectivity index (χ2v) is 4.95. The van der Waals surface area contributed by atoms with E-state index in [1.54, 1.807) is 23.9 Å². The maximum Gasteiger partial charge on any atom is 0.191 e. The Morgan fingerprint density at radius 1 is 1.09 bits per heavy atom. The van der Waals surface area contributed by atoms with Crippen LogP contribution in [0.15, 0.2) is 48.5 Å². The Bertz CT molecular complexity index is 832. The molecule has 0 spiro atoms. The topological polar surface area (TPSA) is 63.7 Å². The molecule has 22 heavy (non-hydrogen) atoms. The molecular formula is C16H11ClN4O. The molecule has 0 fully saturated rings. The molecule has 1 aromatic heterocycles. The zero-order valence-electron chi connectivity index (χ0n) is 11.7. The lowest BCUT2D eigenvalue weighted by atomic mass is 10.1. The van der Waals surface area contributed by atoms with Crippen molar-refractivity contribution in [1.29, 1.82) is 5.26 Å². The van der Waals surface area contributed by atoms with Gasteiger partial charge in [0.2, 0.25) is 0 Å². The molecule has 0 amide bonds. The average molecular weight is 311 g/mol. The quantitative estimate of drug-likeness (QED) is 0.743. The summed E-state index contributed by atoms with van der Waals surface area (Å²) in [5.74, 6) is 0.748. The van der Waals surface area contributed by atoms with Crippen molar-refractivity contribution in [1.82, 2.24) is 15.0 Å². The van der Waals surface area contributed by atoms with Crippen LogP contribution in [0, 0.1) is 11.3 Å². The average Bonchev–Trinajstić information content (AvgIpc) is 2.99. The van der Waals surface area contributed by atoms with E-state index in [2.05, 4.69) is 16.4 Å². The Balaban J connectivity index is 2.14. The third-order valence-electron chi connectivity index (χ3n) is 3.21. The Hall–Kier alpha value is -2.84. The summed E-state index contributed by atoms with van der Waals surface area (Å²) in [7, 11) is 1.61. The third-order valence-corrected chi connectivity index (χ3v) is 3.46. The van der Waals surface area contributed by atoms with Gasteiger partial charge in [-0.2, -0.15) is 5.26 Å². The van der Waals surface area contributed by atoms with Gasteiger partial charge in [0.25, 0.3) is 0 Å². The van der Waals surface area contributed by atoms with Gasteiger partial charge in [-0.1, -0.05) is 28.9 Å². The van der Waals surface area contributed by atoms with Crippen LogP contribution in [0.2, 0.25) is 5.02 Å². The normalized spacial score (nSPS) is 10.2. The summed E-state index contributed by atoms with van der Waals surface area (Å²) in [6.07, 6.45) is 0. The standard InChI is InChI=1S/C16H11ClN4O/c1-22-14-8-6-13(7-9-14)21-16(15(10-18)19-20-21)11-2-4-12(17)5-3-11/h2-9H,1H3. The van der Waals surface area contributed by atoms with Crippen molar-refractivity contribution in [3.63, 3.8) is 0 Å². The molecule has 2 aromatic carbocycles. The lowest BCUT2D eigenvalue weighted by molar-refractivity contribution is 0.414. The van der Waals surface area contributed by atoms with Gasteiger partial charge in [0.05, 0.1) is 12.8 Å². The molecule has 108 valence electrons. The zero-order chi connectivity index (χ0) is 15.5. The SMILES string of the molecule is COc1ccc(-n2nnc(C#N)c2-c2ccc(Cl)cc2)cc1. The summed E-state index contributed by atoms with van der Waals surface area (Å²) >= 11 is 5.92. The molecule has 0 radical (unpaired) electrons. The van der Waals surface area contributed by atoms with E-state index in [0.717, 1.165) is 17.0 Å². The van der Waals surface area contributed by atoms with Gasteiger partial charge in [0.15, 0.2) is 5.69 Å². The van der Waals surface area contributed by atoms with E-state index < -0.39 is 0 Å². The molecule has 5 nitrogen and oxygen atoms in total. The molecular weight excluding hydrogens is 300 g/mol. The van der Waals surface area contributed by atoms with Crippen LogP contribution in [0.5, 0.6) is 5.75 Å². The molecule has 0 aliphatic rings. The highest BCUT2D eigenvalue weighted by molar-refractivity contribution is 6.30. The predicted octanol–water partition coefficient (Wildman–Crippen LogP) is 3.47. The number of aromatic nitrogens is 3. The predicted molar refractivity (Wildman–Crippen MR) is 83.1 cm³/mol. The van der Waals surface area contributed by atoms with Crippen molar-refractivity contribution in [3.05, 3.63) is 59.2 Å². The van der Waals surface area contributed by atoms with Crippen LogP contribution >= 0.6 is 11.6 Å². The van der Waals surface area contributed by atoms with E-state index in [-0.39, 0.29) is 5.69 Å². The van der Waals surface area contributed by atoms with Crippen LogP contribution < -0.4 is 4.74 Å². The number of methoxy groups -OCH3 is 1. The van der Waals surface area contributed by atoms with Gasteiger partial charge in [-0.3, -0.25) is 0 Å². The summed E-state index contributed by atoms with van der Waals surface area (Å²) < 4.78 is 6.77. The highest BCUT2D eigenvalue weighted by atomic mass is 35.5. The number of halogens is 1. The van der Waals surface area contributed by atoms with E-state index in [1.165, 1.54) is 0 Å². The molecule has 3 aromatic rings. The number of benzene rings is 2. The second kappa shape index (κ2) is 5.88. The number of hydrogen-bond acceptors (Lipinski definition) is 4. The van der Waals surface area contributed by atoms with Crippen LogP contribution in [0.4, 0.5) is 0 Å². The number of nitrogens with zero attached hydrogens (tertiary/aromatic N) is 4.